The summed E-state index contributed by atoms with van der Waals surface area (Å²) in [4.78, 5) is 11.8. The number of anilines is 2. The van der Waals surface area contributed by atoms with Gasteiger partial charge in [-0.15, -0.1) is 11.8 Å². The van der Waals surface area contributed by atoms with Crippen LogP contribution in [0.5, 0.6) is 0 Å². The van der Waals surface area contributed by atoms with Gasteiger partial charge in [0.15, 0.2) is 0 Å². The topological polar surface area (TPSA) is 64.3 Å². The van der Waals surface area contributed by atoms with Crippen LogP contribution in [0.2, 0.25) is 5.02 Å². The summed E-state index contributed by atoms with van der Waals surface area (Å²) >= 11 is 7.56. The van der Waals surface area contributed by atoms with Gasteiger partial charge in [-0.1, -0.05) is 11.6 Å². The van der Waals surface area contributed by atoms with Crippen molar-refractivity contribution in [1.82, 2.24) is 0 Å². The van der Waals surface area contributed by atoms with Gasteiger partial charge in [-0.05, 0) is 31.0 Å². The van der Waals surface area contributed by atoms with Crippen molar-refractivity contribution < 1.29 is 9.53 Å². The highest BCUT2D eigenvalue weighted by Gasteiger charge is 2.16. The van der Waals surface area contributed by atoms with Crippen LogP contribution < -0.4 is 11.1 Å². The normalized spacial score (nSPS) is 18.5. The van der Waals surface area contributed by atoms with Gasteiger partial charge < -0.3 is 15.8 Å². The van der Waals surface area contributed by atoms with Crippen LogP contribution in [0.3, 0.4) is 0 Å². The lowest BCUT2D eigenvalue weighted by atomic mass is 10.3. The van der Waals surface area contributed by atoms with E-state index >= 15 is 0 Å². The fourth-order valence-corrected chi connectivity index (χ4v) is 2.95. The van der Waals surface area contributed by atoms with E-state index in [4.69, 9.17) is 22.1 Å². The summed E-state index contributed by atoms with van der Waals surface area (Å²) in [6.45, 7) is 0.844. The molecule has 1 aliphatic rings. The van der Waals surface area contributed by atoms with Gasteiger partial charge in [-0.2, -0.15) is 0 Å². The lowest BCUT2D eigenvalue weighted by Crippen LogP contribution is -2.17. The third kappa shape index (κ3) is 4.60. The van der Waals surface area contributed by atoms with Crippen LogP contribution >= 0.6 is 23.4 Å². The molecule has 0 aliphatic carbocycles. The summed E-state index contributed by atoms with van der Waals surface area (Å²) < 4.78 is 5.50. The Morgan fingerprint density at radius 1 is 1.58 bits per heavy atom. The van der Waals surface area contributed by atoms with E-state index < -0.39 is 0 Å². The molecule has 19 heavy (non-hydrogen) atoms. The van der Waals surface area contributed by atoms with Gasteiger partial charge in [0.25, 0.3) is 0 Å². The quantitative estimate of drug-likeness (QED) is 0.821. The van der Waals surface area contributed by atoms with Gasteiger partial charge in [0.2, 0.25) is 5.91 Å². The smallest absolute Gasteiger partial charge is 0.234 e. The number of thioether (sulfide) groups is 1. The number of nitrogens with one attached hydrogen (secondary N) is 1. The molecule has 1 heterocycles. The molecule has 3 N–H and O–H groups in total. The Balaban J connectivity index is 1.75. The van der Waals surface area contributed by atoms with Gasteiger partial charge in [0.05, 0.1) is 22.6 Å². The lowest BCUT2D eigenvalue weighted by Gasteiger charge is -2.10. The number of rotatable bonds is 5. The number of nitrogens with two attached hydrogens (primary N) is 1. The van der Waals surface area contributed by atoms with Crippen LogP contribution in [0.25, 0.3) is 0 Å². The molecule has 0 spiro atoms. The van der Waals surface area contributed by atoms with Crippen molar-refractivity contribution >= 4 is 40.6 Å². The largest absolute Gasteiger partial charge is 0.399 e. The maximum atomic E-state index is 11.8. The molecule has 6 heteroatoms. The minimum absolute atomic E-state index is 0.0736. The highest BCUT2D eigenvalue weighted by molar-refractivity contribution is 8.00. The van der Waals surface area contributed by atoms with Crippen molar-refractivity contribution in [2.75, 3.05) is 29.2 Å². The van der Waals surface area contributed by atoms with Crippen LogP contribution in [0.1, 0.15) is 12.8 Å². The molecule has 1 saturated heterocycles. The van der Waals surface area contributed by atoms with E-state index in [-0.39, 0.29) is 5.91 Å². The van der Waals surface area contributed by atoms with Crippen LogP contribution in [0, 0.1) is 0 Å². The van der Waals surface area contributed by atoms with E-state index in [0.717, 1.165) is 25.2 Å². The molecule has 1 aromatic carbocycles. The zero-order valence-corrected chi connectivity index (χ0v) is 12.1. The molecule has 0 saturated carbocycles. The summed E-state index contributed by atoms with van der Waals surface area (Å²) in [5.41, 5.74) is 6.79. The Hall–Kier alpha value is -0.910. The Morgan fingerprint density at radius 2 is 2.42 bits per heavy atom. The summed E-state index contributed by atoms with van der Waals surface area (Å²) in [6, 6.07) is 5.03. The fraction of sp³-hybridized carbons (Fsp3) is 0.462. The maximum absolute atomic E-state index is 11.8. The molecule has 0 bridgehead atoms. The first-order valence-corrected chi connectivity index (χ1v) is 7.72. The Labute approximate surface area is 122 Å². The number of amides is 1. The monoisotopic (exact) mass is 300 g/mol. The molecule has 1 amide bonds. The highest BCUT2D eigenvalue weighted by Crippen LogP contribution is 2.24. The Morgan fingerprint density at radius 3 is 3.16 bits per heavy atom. The van der Waals surface area contributed by atoms with Gasteiger partial charge >= 0.3 is 0 Å². The van der Waals surface area contributed by atoms with E-state index in [1.807, 2.05) is 0 Å². The zero-order valence-electron chi connectivity index (χ0n) is 10.5. The van der Waals surface area contributed by atoms with Crippen LogP contribution in [0.15, 0.2) is 18.2 Å². The van der Waals surface area contributed by atoms with Crippen molar-refractivity contribution in [2.24, 2.45) is 0 Å². The third-order valence-corrected chi connectivity index (χ3v) is 4.23. The second kappa shape index (κ2) is 7.03. The minimum atomic E-state index is -0.0736. The number of benzene rings is 1. The van der Waals surface area contributed by atoms with Crippen LogP contribution in [-0.4, -0.2) is 30.1 Å². The molecule has 0 aromatic heterocycles. The zero-order chi connectivity index (χ0) is 13.7. The van der Waals surface area contributed by atoms with Gasteiger partial charge in [0.1, 0.15) is 0 Å². The second-order valence-corrected chi connectivity index (χ2v) is 5.88. The molecule has 104 valence electrons. The first kappa shape index (κ1) is 14.5. The molecule has 1 atom stereocenters. The highest BCUT2D eigenvalue weighted by atomic mass is 35.5. The van der Waals surface area contributed by atoms with E-state index in [2.05, 4.69) is 5.32 Å². The SMILES string of the molecule is Nc1ccc(Cl)c(NC(=O)CSCC2CCCO2)c1. The average Bonchev–Trinajstić information content (AvgIpc) is 2.87. The number of carbonyl (C=O) groups excluding carboxylic acids is 1. The van der Waals surface area contributed by atoms with Gasteiger partial charge in [0, 0.05) is 18.0 Å². The second-order valence-electron chi connectivity index (χ2n) is 4.44. The van der Waals surface area contributed by atoms with E-state index in [1.54, 1.807) is 30.0 Å². The summed E-state index contributed by atoms with van der Waals surface area (Å²) in [7, 11) is 0. The Kier molecular flexibility index (Phi) is 5.36. The Bertz CT molecular complexity index is 450. The van der Waals surface area contributed by atoms with Crippen molar-refractivity contribution in [3.63, 3.8) is 0 Å². The van der Waals surface area contributed by atoms with E-state index in [0.29, 0.717) is 28.3 Å². The number of hydrogen-bond donors (Lipinski definition) is 2. The number of hydrogen-bond acceptors (Lipinski definition) is 4. The van der Waals surface area contributed by atoms with Crippen molar-refractivity contribution in [3.05, 3.63) is 23.2 Å². The predicted octanol–water partition coefficient (Wildman–Crippen LogP) is 2.77. The number of carbonyl (C=O) groups is 1. The lowest BCUT2D eigenvalue weighted by molar-refractivity contribution is -0.113. The van der Waals surface area contributed by atoms with Crippen LogP contribution in [0.4, 0.5) is 11.4 Å². The molecule has 4 nitrogen and oxygen atoms in total. The molecule has 1 aromatic rings. The molecule has 1 aliphatic heterocycles. The summed E-state index contributed by atoms with van der Waals surface area (Å²) in [5, 5.41) is 3.26. The number of ether oxygens (including phenoxy) is 1. The fourth-order valence-electron chi connectivity index (χ4n) is 1.88. The van der Waals surface area contributed by atoms with Crippen molar-refractivity contribution in [2.45, 2.75) is 18.9 Å². The molecule has 1 unspecified atom stereocenters. The average molecular weight is 301 g/mol. The first-order chi connectivity index (χ1) is 9.15. The molecule has 2 rings (SSSR count). The molecular formula is C13H17ClN2O2S. The van der Waals surface area contributed by atoms with Gasteiger partial charge in [-0.25, -0.2) is 0 Å². The van der Waals surface area contributed by atoms with Gasteiger partial charge in [-0.3, -0.25) is 4.79 Å². The van der Waals surface area contributed by atoms with Crippen LogP contribution in [-0.2, 0) is 9.53 Å². The third-order valence-electron chi connectivity index (χ3n) is 2.83. The standard InChI is InChI=1S/C13H17ClN2O2S/c14-11-4-3-9(15)6-12(11)16-13(17)8-19-7-10-2-1-5-18-10/h3-4,6,10H,1-2,5,7-8,15H2,(H,16,17). The molecular weight excluding hydrogens is 284 g/mol. The maximum Gasteiger partial charge on any atom is 0.234 e. The van der Waals surface area contributed by atoms with E-state index in [1.165, 1.54) is 0 Å². The predicted molar refractivity (Wildman–Crippen MR) is 80.8 cm³/mol. The summed E-state index contributed by atoms with van der Waals surface area (Å²) in [6.07, 6.45) is 2.51. The van der Waals surface area contributed by atoms with Crippen molar-refractivity contribution in [3.8, 4) is 0 Å². The summed E-state index contributed by atoms with van der Waals surface area (Å²) in [5.74, 6) is 1.18. The number of halogens is 1. The number of nitrogen functional groups attached to an aromatic ring is 1. The minimum Gasteiger partial charge on any atom is -0.399 e. The first-order valence-electron chi connectivity index (χ1n) is 6.19. The van der Waals surface area contributed by atoms with Crippen molar-refractivity contribution in [1.29, 1.82) is 0 Å². The van der Waals surface area contributed by atoms with E-state index in [9.17, 15) is 4.79 Å². The molecule has 0 radical (unpaired) electrons. The molecule has 1 fully saturated rings.